The molecule has 0 amide bonds. The Labute approximate surface area is 282 Å². The van der Waals surface area contributed by atoms with Crippen molar-refractivity contribution >= 4 is 35.8 Å². The number of nitrogens with zero attached hydrogens (tertiary/aromatic N) is 6. The predicted octanol–water partition coefficient (Wildman–Crippen LogP) is -4.36. The number of nitrogens with two attached hydrogens (primary N) is 8. The van der Waals surface area contributed by atoms with E-state index in [1.54, 1.807) is 0 Å². The quantitative estimate of drug-likeness (QED) is 0.0327. The minimum absolute atomic E-state index is 0.000859. The highest BCUT2D eigenvalue weighted by Crippen LogP contribution is 2.16. The Morgan fingerprint density at radius 1 is 0.542 bits per heavy atom. The molecule has 0 saturated carbocycles. The van der Waals surface area contributed by atoms with Crippen LogP contribution < -0.4 is 56.5 Å². The molecule has 0 aromatic heterocycles. The lowest BCUT2D eigenvalue weighted by Crippen LogP contribution is -2.57. The van der Waals surface area contributed by atoms with Gasteiger partial charge in [-0.3, -0.25) is 39.4 Å². The number of hydrogen-bond acceptors (Lipinski definition) is 10. The number of aliphatic carboxylic acids is 2. The lowest BCUT2D eigenvalue weighted by atomic mass is 10.0. The average Bonchev–Trinajstić information content (AvgIpc) is 2.97. The van der Waals surface area contributed by atoms with Crippen LogP contribution in [-0.4, -0.2) is 145 Å². The van der Waals surface area contributed by atoms with E-state index in [0.29, 0.717) is 104 Å². The van der Waals surface area contributed by atoms with Gasteiger partial charge in [-0.1, -0.05) is 0 Å². The number of nitrogens with one attached hydrogen (secondary N) is 2. The summed E-state index contributed by atoms with van der Waals surface area (Å²) in [6, 6.07) is -0.693. The van der Waals surface area contributed by atoms with E-state index in [2.05, 4.69) is 30.6 Å². The first kappa shape index (κ1) is 41.9. The smallest absolute Gasteiger partial charge is 0.317 e. The van der Waals surface area contributed by atoms with E-state index < -0.39 is 11.9 Å². The average molecular weight is 685 g/mol. The van der Waals surface area contributed by atoms with Crippen LogP contribution >= 0.6 is 0 Å². The summed E-state index contributed by atoms with van der Waals surface area (Å²) < 4.78 is 0. The summed E-state index contributed by atoms with van der Waals surface area (Å²) >= 11 is 0. The standard InChI is InChI=1S/C28H60N16O4/c29-25(30)37-9-1-5-19-15-43(17-23(45)46)22(8-4-12-40-28(35)36)14-42-20(6-2-10-38-26(31)32)16-44(18-24(47)48)21(13-41-19)7-3-11-39-27(33)34/h19-22,41-42H,1-18H2,(H,45,46)(H,47,48)(H4,29,30,37)(H4,31,32,38)(H4,33,34,39)(H4,35,36,40)/t19-,20-,21-,22-/m0/s1. The van der Waals surface area contributed by atoms with Gasteiger partial charge in [0.25, 0.3) is 0 Å². The SMILES string of the molecule is NC(N)=NCCC[C@H]1CN(CC(=O)O)[C@@H](CCCN=C(N)N)CN[C@@H](CCCN=C(N)N)CN(CC(=O)O)[C@@H](CCCN=C(N)N)CN1. The van der Waals surface area contributed by atoms with Gasteiger partial charge in [0.15, 0.2) is 23.8 Å². The molecule has 0 bridgehead atoms. The Kier molecular flexibility index (Phi) is 21.0. The Morgan fingerprint density at radius 3 is 1.10 bits per heavy atom. The number of guanidine groups is 4. The molecule has 0 aliphatic carbocycles. The fourth-order valence-corrected chi connectivity index (χ4v) is 5.71. The van der Waals surface area contributed by atoms with Gasteiger partial charge in [0.1, 0.15) is 0 Å². The van der Waals surface area contributed by atoms with Gasteiger partial charge in [0.05, 0.1) is 13.1 Å². The van der Waals surface area contributed by atoms with E-state index in [1.165, 1.54) is 0 Å². The third kappa shape index (κ3) is 20.9. The molecule has 0 radical (unpaired) electrons. The molecule has 0 spiro atoms. The van der Waals surface area contributed by atoms with E-state index in [0.717, 1.165) is 0 Å². The molecule has 0 unspecified atom stereocenters. The van der Waals surface area contributed by atoms with Crippen molar-refractivity contribution in [3.63, 3.8) is 0 Å². The van der Waals surface area contributed by atoms with Gasteiger partial charge in [-0.2, -0.15) is 0 Å². The summed E-state index contributed by atoms with van der Waals surface area (Å²) in [7, 11) is 0. The fourth-order valence-electron chi connectivity index (χ4n) is 5.71. The molecule has 4 atom stereocenters. The Balaban J connectivity index is 3.50. The van der Waals surface area contributed by atoms with Crippen molar-refractivity contribution in [2.24, 2.45) is 65.8 Å². The number of rotatable bonds is 20. The lowest BCUT2D eigenvalue weighted by Gasteiger charge is -2.39. The van der Waals surface area contributed by atoms with Crippen molar-refractivity contribution in [3.05, 3.63) is 0 Å². The van der Waals surface area contributed by atoms with Crippen molar-refractivity contribution in [3.8, 4) is 0 Å². The highest BCUT2D eigenvalue weighted by molar-refractivity contribution is 5.76. The summed E-state index contributed by atoms with van der Waals surface area (Å²) in [5, 5.41) is 27.1. The molecule has 1 aliphatic rings. The molecule has 276 valence electrons. The van der Waals surface area contributed by atoms with Crippen LogP contribution in [0.15, 0.2) is 20.0 Å². The van der Waals surface area contributed by atoms with Crippen LogP contribution in [0, 0.1) is 0 Å². The maximum absolute atomic E-state index is 12.1. The first-order valence-corrected chi connectivity index (χ1v) is 16.4. The monoisotopic (exact) mass is 684 g/mol. The molecule has 1 fully saturated rings. The van der Waals surface area contributed by atoms with Crippen LogP contribution in [0.3, 0.4) is 0 Å². The third-order valence-electron chi connectivity index (χ3n) is 7.89. The van der Waals surface area contributed by atoms with E-state index in [-0.39, 0.29) is 61.1 Å². The predicted molar refractivity (Wildman–Crippen MR) is 189 cm³/mol. The molecule has 1 saturated heterocycles. The molecular weight excluding hydrogens is 624 g/mol. The van der Waals surface area contributed by atoms with Crippen molar-refractivity contribution < 1.29 is 19.8 Å². The van der Waals surface area contributed by atoms with Gasteiger partial charge in [-0.25, -0.2) is 0 Å². The zero-order valence-electron chi connectivity index (χ0n) is 28.1. The zero-order chi connectivity index (χ0) is 35.9. The Hall–Kier alpha value is -4.14. The van der Waals surface area contributed by atoms with E-state index in [4.69, 9.17) is 45.9 Å². The number of hydrogen-bond donors (Lipinski definition) is 12. The first-order chi connectivity index (χ1) is 22.8. The highest BCUT2D eigenvalue weighted by Gasteiger charge is 2.29. The van der Waals surface area contributed by atoms with Gasteiger partial charge in [0, 0.05) is 76.5 Å². The molecule has 20 nitrogen and oxygen atoms in total. The van der Waals surface area contributed by atoms with Crippen molar-refractivity contribution in [1.29, 1.82) is 0 Å². The summed E-state index contributed by atoms with van der Waals surface area (Å²) in [5.41, 5.74) is 44.2. The van der Waals surface area contributed by atoms with Crippen molar-refractivity contribution in [2.75, 3.05) is 65.4 Å². The van der Waals surface area contributed by atoms with Crippen LogP contribution in [0.2, 0.25) is 0 Å². The minimum atomic E-state index is -0.949. The second kappa shape index (κ2) is 24.1. The van der Waals surface area contributed by atoms with Gasteiger partial charge in [-0.15, -0.1) is 0 Å². The maximum atomic E-state index is 12.1. The largest absolute Gasteiger partial charge is 0.480 e. The molecule has 0 aromatic rings. The molecular formula is C28H60N16O4. The molecule has 20 heteroatoms. The molecule has 48 heavy (non-hydrogen) atoms. The van der Waals surface area contributed by atoms with Gasteiger partial charge in [0.2, 0.25) is 0 Å². The second-order valence-corrected chi connectivity index (χ2v) is 12.0. The first-order valence-electron chi connectivity index (χ1n) is 16.4. The van der Waals surface area contributed by atoms with Crippen molar-refractivity contribution in [2.45, 2.75) is 75.5 Å². The fraction of sp³-hybridized carbons (Fsp3) is 0.786. The molecule has 1 heterocycles. The Morgan fingerprint density at radius 2 is 0.833 bits per heavy atom. The topological polar surface area (TPSA) is 363 Å². The number of carboxylic acids is 2. The zero-order valence-corrected chi connectivity index (χ0v) is 28.1. The number of aliphatic imine (C=N–C) groups is 4. The molecule has 1 aliphatic heterocycles. The lowest BCUT2D eigenvalue weighted by molar-refractivity contribution is -0.139. The summed E-state index contributed by atoms with van der Waals surface area (Å²) in [6.07, 6.45) is 5.07. The van der Waals surface area contributed by atoms with E-state index in [9.17, 15) is 19.8 Å². The minimum Gasteiger partial charge on any atom is -0.480 e. The Bertz CT molecular complexity index is 974. The summed E-state index contributed by atoms with van der Waals surface area (Å²) in [6.45, 7) is 2.99. The summed E-state index contributed by atoms with van der Waals surface area (Å²) in [5.74, 6) is -1.92. The van der Waals surface area contributed by atoms with Crippen LogP contribution in [0.4, 0.5) is 0 Å². The van der Waals surface area contributed by atoms with Crippen molar-refractivity contribution in [1.82, 2.24) is 20.4 Å². The van der Waals surface area contributed by atoms with Crippen LogP contribution in [0.1, 0.15) is 51.4 Å². The molecule has 0 aromatic carbocycles. The van der Waals surface area contributed by atoms with Gasteiger partial charge >= 0.3 is 11.9 Å². The van der Waals surface area contributed by atoms with Gasteiger partial charge < -0.3 is 66.7 Å². The highest BCUT2D eigenvalue weighted by atomic mass is 16.4. The van der Waals surface area contributed by atoms with E-state index >= 15 is 0 Å². The normalized spacial score (nSPS) is 21.2. The maximum Gasteiger partial charge on any atom is 0.317 e. The number of carboxylic acid groups (broad SMARTS) is 2. The molecule has 1 rings (SSSR count). The van der Waals surface area contributed by atoms with Gasteiger partial charge in [-0.05, 0) is 51.4 Å². The van der Waals surface area contributed by atoms with Crippen LogP contribution in [0.25, 0.3) is 0 Å². The van der Waals surface area contributed by atoms with Crippen LogP contribution in [0.5, 0.6) is 0 Å². The van der Waals surface area contributed by atoms with Crippen LogP contribution in [-0.2, 0) is 9.59 Å². The van der Waals surface area contributed by atoms with E-state index in [1.807, 2.05) is 9.80 Å². The number of carbonyl (C=O) groups is 2. The third-order valence-corrected chi connectivity index (χ3v) is 7.89. The second-order valence-electron chi connectivity index (χ2n) is 12.0. The summed E-state index contributed by atoms with van der Waals surface area (Å²) in [4.78, 5) is 44.6. The molecule has 20 N–H and O–H groups in total.